The lowest BCUT2D eigenvalue weighted by Gasteiger charge is -2.32. The van der Waals surface area contributed by atoms with Gasteiger partial charge in [0.2, 0.25) is 0 Å². The van der Waals surface area contributed by atoms with Crippen LogP contribution in [0.1, 0.15) is 37.7 Å². The van der Waals surface area contributed by atoms with Gasteiger partial charge in [0.1, 0.15) is 11.6 Å². The van der Waals surface area contributed by atoms with Crippen LogP contribution in [0.2, 0.25) is 0 Å². The number of hydrogen-bond acceptors (Lipinski definition) is 1. The van der Waals surface area contributed by atoms with Gasteiger partial charge < -0.3 is 5.11 Å². The van der Waals surface area contributed by atoms with Gasteiger partial charge >= 0.3 is 0 Å². The molecule has 2 rings (SSSR count). The lowest BCUT2D eigenvalue weighted by Crippen LogP contribution is -2.34. The van der Waals surface area contributed by atoms with E-state index in [9.17, 15) is 13.9 Å². The molecule has 1 aliphatic carbocycles. The third-order valence-electron chi connectivity index (χ3n) is 3.31. The molecular formula is C13H16F2O. The molecule has 0 aromatic heterocycles. The fourth-order valence-electron chi connectivity index (χ4n) is 2.42. The molecule has 3 heteroatoms. The summed E-state index contributed by atoms with van der Waals surface area (Å²) in [6.07, 6.45) is 4.64. The quantitative estimate of drug-likeness (QED) is 0.821. The van der Waals surface area contributed by atoms with Crippen LogP contribution in [-0.4, -0.2) is 10.7 Å². The highest BCUT2D eigenvalue weighted by atomic mass is 19.1. The van der Waals surface area contributed by atoms with Gasteiger partial charge in [-0.15, -0.1) is 0 Å². The van der Waals surface area contributed by atoms with E-state index in [2.05, 4.69) is 0 Å². The van der Waals surface area contributed by atoms with Crippen molar-refractivity contribution < 1.29 is 13.9 Å². The Kier molecular flexibility index (Phi) is 3.24. The SMILES string of the molecule is OC1(Cc2cc(F)ccc2F)CCCCC1. The van der Waals surface area contributed by atoms with Crippen LogP contribution >= 0.6 is 0 Å². The van der Waals surface area contributed by atoms with E-state index in [0.29, 0.717) is 12.8 Å². The zero-order chi connectivity index (χ0) is 11.6. The molecular weight excluding hydrogens is 210 g/mol. The molecule has 88 valence electrons. The summed E-state index contributed by atoms with van der Waals surface area (Å²) in [6, 6.07) is 3.41. The Balaban J connectivity index is 2.15. The van der Waals surface area contributed by atoms with Gasteiger partial charge in [0, 0.05) is 6.42 Å². The van der Waals surface area contributed by atoms with Gasteiger partial charge in [0.15, 0.2) is 0 Å². The fraction of sp³-hybridized carbons (Fsp3) is 0.538. The van der Waals surface area contributed by atoms with Gasteiger partial charge in [-0.05, 0) is 36.6 Å². The summed E-state index contributed by atoms with van der Waals surface area (Å²) < 4.78 is 26.4. The van der Waals surface area contributed by atoms with Crippen molar-refractivity contribution in [3.8, 4) is 0 Å². The molecule has 1 N–H and O–H groups in total. The maximum atomic E-state index is 13.4. The van der Waals surface area contributed by atoms with E-state index in [1.807, 2.05) is 0 Å². The van der Waals surface area contributed by atoms with E-state index < -0.39 is 17.2 Å². The molecule has 0 atom stereocenters. The van der Waals surface area contributed by atoms with Crippen LogP contribution in [0.15, 0.2) is 18.2 Å². The second-order valence-electron chi connectivity index (χ2n) is 4.70. The van der Waals surface area contributed by atoms with Gasteiger partial charge in [-0.3, -0.25) is 0 Å². The zero-order valence-corrected chi connectivity index (χ0v) is 9.18. The highest BCUT2D eigenvalue weighted by Gasteiger charge is 2.30. The fourth-order valence-corrected chi connectivity index (χ4v) is 2.42. The third-order valence-corrected chi connectivity index (χ3v) is 3.31. The molecule has 0 saturated heterocycles. The third kappa shape index (κ3) is 2.59. The lowest BCUT2D eigenvalue weighted by atomic mass is 9.80. The zero-order valence-electron chi connectivity index (χ0n) is 9.18. The van der Waals surface area contributed by atoms with Crippen molar-refractivity contribution in [3.63, 3.8) is 0 Å². The summed E-state index contributed by atoms with van der Waals surface area (Å²) >= 11 is 0. The Morgan fingerprint density at radius 2 is 1.81 bits per heavy atom. The highest BCUT2D eigenvalue weighted by Crippen LogP contribution is 2.31. The molecule has 1 aromatic carbocycles. The molecule has 1 nitrogen and oxygen atoms in total. The van der Waals surface area contributed by atoms with E-state index in [4.69, 9.17) is 0 Å². The highest BCUT2D eigenvalue weighted by molar-refractivity contribution is 5.20. The van der Waals surface area contributed by atoms with Crippen molar-refractivity contribution in [2.75, 3.05) is 0 Å². The van der Waals surface area contributed by atoms with Crippen LogP contribution in [0.25, 0.3) is 0 Å². The average molecular weight is 226 g/mol. The summed E-state index contributed by atoms with van der Waals surface area (Å²) in [5, 5.41) is 10.3. The first-order chi connectivity index (χ1) is 7.59. The molecule has 1 aliphatic rings. The van der Waals surface area contributed by atoms with Crippen LogP contribution in [0.4, 0.5) is 8.78 Å². The predicted molar refractivity (Wildman–Crippen MR) is 58.1 cm³/mol. The Morgan fingerprint density at radius 3 is 2.50 bits per heavy atom. The first-order valence-corrected chi connectivity index (χ1v) is 5.75. The first kappa shape index (κ1) is 11.5. The predicted octanol–water partition coefficient (Wildman–Crippen LogP) is 3.20. The minimum absolute atomic E-state index is 0.219. The van der Waals surface area contributed by atoms with E-state index >= 15 is 0 Å². The molecule has 1 aromatic rings. The molecule has 16 heavy (non-hydrogen) atoms. The topological polar surface area (TPSA) is 20.2 Å². The van der Waals surface area contributed by atoms with Crippen molar-refractivity contribution in [3.05, 3.63) is 35.4 Å². The largest absolute Gasteiger partial charge is 0.390 e. The lowest BCUT2D eigenvalue weighted by molar-refractivity contribution is 0.00375. The van der Waals surface area contributed by atoms with Crippen molar-refractivity contribution in [2.24, 2.45) is 0 Å². The van der Waals surface area contributed by atoms with Crippen LogP contribution < -0.4 is 0 Å². The summed E-state index contributed by atoms with van der Waals surface area (Å²) in [5.41, 5.74) is -0.559. The minimum Gasteiger partial charge on any atom is -0.390 e. The number of aliphatic hydroxyl groups is 1. The molecule has 0 unspecified atom stereocenters. The van der Waals surface area contributed by atoms with Crippen LogP contribution in [0, 0.1) is 11.6 Å². The Hall–Kier alpha value is -0.960. The smallest absolute Gasteiger partial charge is 0.126 e. The molecule has 1 fully saturated rings. The van der Waals surface area contributed by atoms with Crippen molar-refractivity contribution >= 4 is 0 Å². The van der Waals surface area contributed by atoms with Gasteiger partial charge in [0.25, 0.3) is 0 Å². The van der Waals surface area contributed by atoms with E-state index in [-0.39, 0.29) is 12.0 Å². The molecule has 0 radical (unpaired) electrons. The standard InChI is InChI=1S/C13H16F2O/c14-11-4-5-12(15)10(8-11)9-13(16)6-2-1-3-7-13/h4-5,8,16H,1-3,6-7,9H2. The van der Waals surface area contributed by atoms with E-state index in [1.54, 1.807) is 0 Å². The normalized spacial score (nSPS) is 19.7. The Bertz CT molecular complexity index is 370. The second kappa shape index (κ2) is 4.50. The molecule has 0 spiro atoms. The first-order valence-electron chi connectivity index (χ1n) is 5.75. The molecule has 0 amide bonds. The number of halogens is 2. The summed E-state index contributed by atoms with van der Waals surface area (Å²) in [4.78, 5) is 0. The van der Waals surface area contributed by atoms with Gasteiger partial charge in [-0.1, -0.05) is 19.3 Å². The average Bonchev–Trinajstić information content (AvgIpc) is 2.24. The van der Waals surface area contributed by atoms with Gasteiger partial charge in [-0.25, -0.2) is 8.78 Å². The van der Waals surface area contributed by atoms with E-state index in [0.717, 1.165) is 31.4 Å². The summed E-state index contributed by atoms with van der Waals surface area (Å²) in [5.74, 6) is -0.879. The monoisotopic (exact) mass is 226 g/mol. The van der Waals surface area contributed by atoms with Crippen LogP contribution in [0.3, 0.4) is 0 Å². The van der Waals surface area contributed by atoms with Crippen molar-refractivity contribution in [2.45, 2.75) is 44.1 Å². The van der Waals surface area contributed by atoms with E-state index in [1.165, 1.54) is 6.07 Å². The number of rotatable bonds is 2. The van der Waals surface area contributed by atoms with Gasteiger partial charge in [0.05, 0.1) is 5.60 Å². The van der Waals surface area contributed by atoms with Crippen molar-refractivity contribution in [1.82, 2.24) is 0 Å². The Labute approximate surface area is 94.1 Å². The number of hydrogen-bond donors (Lipinski definition) is 1. The molecule has 0 aliphatic heterocycles. The second-order valence-corrected chi connectivity index (χ2v) is 4.70. The van der Waals surface area contributed by atoms with Gasteiger partial charge in [-0.2, -0.15) is 0 Å². The molecule has 0 bridgehead atoms. The van der Waals surface area contributed by atoms with Crippen LogP contribution in [-0.2, 0) is 6.42 Å². The van der Waals surface area contributed by atoms with Crippen LogP contribution in [0.5, 0.6) is 0 Å². The minimum atomic E-state index is -0.840. The molecule has 0 heterocycles. The summed E-state index contributed by atoms with van der Waals surface area (Å²) in [7, 11) is 0. The van der Waals surface area contributed by atoms with Crippen molar-refractivity contribution in [1.29, 1.82) is 0 Å². The maximum absolute atomic E-state index is 13.4. The molecule has 1 saturated carbocycles. The maximum Gasteiger partial charge on any atom is 0.126 e. The number of benzene rings is 1. The Morgan fingerprint density at radius 1 is 1.12 bits per heavy atom. The summed E-state index contributed by atoms with van der Waals surface area (Å²) in [6.45, 7) is 0.